The molecule has 0 aromatic carbocycles. The van der Waals surface area contributed by atoms with E-state index in [2.05, 4.69) is 58.8 Å². The molecule has 61 heavy (non-hydrogen) atoms. The number of ether oxygens (including phenoxy) is 2. The van der Waals surface area contributed by atoms with E-state index in [1.807, 2.05) is 13.8 Å². The minimum absolute atomic E-state index is 0.0315. The molecule has 2 amide bonds. The Balaban J connectivity index is 1.18. The standard InChI is InChI=1S/C51H84N2O8/c1-32(2)34-22-27-51(44(57)52-30-18-16-14-13-15-17-19-39(54)53-42(33(3)4)43(56)60-12)29-28-49(10)35(41(34)51)20-21-37-48(9)25-24-38(61-40(55)31-46(5,6)45(58)59)47(7,8)36(48)23-26-50(37,49)11/h33-38,41-42H,1,13-31H2,2-12H3,(H,52,57)(H,53,54)(H,58,59)/t34-,35+,36-,37+,38-,41+,42-,48-,49+,50+,51-/m0/s1. The van der Waals surface area contributed by atoms with E-state index < -0.39 is 29.4 Å². The molecule has 10 nitrogen and oxygen atoms in total. The van der Waals surface area contributed by atoms with Gasteiger partial charge in [0.1, 0.15) is 12.1 Å². The van der Waals surface area contributed by atoms with E-state index in [-0.39, 0.29) is 57.3 Å². The number of unbranched alkanes of at least 4 members (excludes halogenated alkanes) is 5. The lowest BCUT2D eigenvalue weighted by Gasteiger charge is -2.72. The number of aliphatic carboxylic acids is 1. The third kappa shape index (κ3) is 9.22. The highest BCUT2D eigenvalue weighted by Gasteiger charge is 2.72. The summed E-state index contributed by atoms with van der Waals surface area (Å²) >= 11 is 0. The first-order valence-electron chi connectivity index (χ1n) is 24.2. The number of carbonyl (C=O) groups is 5. The van der Waals surface area contributed by atoms with Gasteiger partial charge in [0.25, 0.3) is 0 Å². The van der Waals surface area contributed by atoms with Crippen molar-refractivity contribution >= 4 is 29.7 Å². The van der Waals surface area contributed by atoms with E-state index in [9.17, 15) is 29.1 Å². The van der Waals surface area contributed by atoms with Crippen LogP contribution in [0, 0.1) is 68.0 Å². The Morgan fingerprint density at radius 2 is 1.46 bits per heavy atom. The van der Waals surface area contributed by atoms with E-state index in [0.717, 1.165) is 103 Å². The van der Waals surface area contributed by atoms with Crippen molar-refractivity contribution in [3.05, 3.63) is 12.2 Å². The van der Waals surface area contributed by atoms with Crippen molar-refractivity contribution in [1.29, 1.82) is 0 Å². The lowest BCUT2D eigenvalue weighted by molar-refractivity contribution is -0.249. The molecule has 0 spiro atoms. The Morgan fingerprint density at radius 3 is 2.08 bits per heavy atom. The second-order valence-corrected chi connectivity index (χ2v) is 23.0. The third-order valence-corrected chi connectivity index (χ3v) is 18.5. The molecule has 10 heteroatoms. The molecule has 0 aromatic heterocycles. The molecular formula is C51H84N2O8. The van der Waals surface area contributed by atoms with Gasteiger partial charge >= 0.3 is 17.9 Å². The summed E-state index contributed by atoms with van der Waals surface area (Å²) in [5, 5.41) is 15.9. The molecule has 5 fully saturated rings. The highest BCUT2D eigenvalue weighted by atomic mass is 16.5. The maximum absolute atomic E-state index is 14.6. The molecule has 5 rings (SSSR count). The van der Waals surface area contributed by atoms with E-state index in [1.165, 1.54) is 12.7 Å². The van der Waals surface area contributed by atoms with Crippen molar-refractivity contribution in [3.63, 3.8) is 0 Å². The Hall–Kier alpha value is -2.91. The first kappa shape index (κ1) is 49.1. The number of nitrogens with one attached hydrogen (secondary N) is 2. The SMILES string of the molecule is C=C(C)[C@@H]1CC[C@]2(C(=O)NCCCCCCCCC(=O)N[C@H](C(=O)OC)C(C)C)CC[C@]3(C)[C@H](CC[C@@H]4[C@@]5(C)CC[C@H](OC(=O)CC(C)(C)C(=O)O)C(C)(C)[C@@H]5CC[C@]43C)[C@@H]12. The van der Waals surface area contributed by atoms with Gasteiger partial charge in [-0.2, -0.15) is 0 Å². The molecule has 346 valence electrons. The first-order chi connectivity index (χ1) is 28.4. The predicted molar refractivity (Wildman–Crippen MR) is 239 cm³/mol. The van der Waals surface area contributed by atoms with Gasteiger partial charge in [-0.3, -0.25) is 19.2 Å². The average molecular weight is 853 g/mol. The molecule has 0 bridgehead atoms. The summed E-state index contributed by atoms with van der Waals surface area (Å²) in [6.45, 7) is 26.7. The monoisotopic (exact) mass is 853 g/mol. The molecule has 0 aliphatic heterocycles. The zero-order valence-corrected chi connectivity index (χ0v) is 40.1. The van der Waals surface area contributed by atoms with E-state index in [0.29, 0.717) is 42.6 Å². The third-order valence-electron chi connectivity index (χ3n) is 18.5. The van der Waals surface area contributed by atoms with Crippen molar-refractivity contribution in [3.8, 4) is 0 Å². The Morgan fingerprint density at radius 1 is 0.803 bits per heavy atom. The molecule has 0 radical (unpaired) electrons. The Kier molecular flexibility index (Phi) is 15.0. The molecule has 3 N–H and O–H groups in total. The van der Waals surface area contributed by atoms with Crippen LogP contribution >= 0.6 is 0 Å². The normalized spacial score (nSPS) is 35.7. The van der Waals surface area contributed by atoms with Gasteiger partial charge in [0.15, 0.2) is 0 Å². The predicted octanol–water partition coefficient (Wildman–Crippen LogP) is 10.2. The second kappa shape index (κ2) is 18.7. The van der Waals surface area contributed by atoms with Crippen LogP contribution in [0.15, 0.2) is 12.2 Å². The topological polar surface area (TPSA) is 148 Å². The van der Waals surface area contributed by atoms with Gasteiger partial charge in [-0.05, 0) is 150 Å². The fourth-order valence-electron chi connectivity index (χ4n) is 14.7. The van der Waals surface area contributed by atoms with Crippen LogP contribution in [0.4, 0.5) is 0 Å². The highest BCUT2D eigenvalue weighted by molar-refractivity contribution is 5.85. The van der Waals surface area contributed by atoms with Crippen LogP contribution in [0.5, 0.6) is 0 Å². The minimum Gasteiger partial charge on any atom is -0.481 e. The zero-order valence-electron chi connectivity index (χ0n) is 40.1. The second-order valence-electron chi connectivity index (χ2n) is 23.0. The van der Waals surface area contributed by atoms with Gasteiger partial charge in [0, 0.05) is 18.4 Å². The smallest absolute Gasteiger partial charge is 0.328 e. The molecule has 0 aromatic rings. The van der Waals surface area contributed by atoms with Crippen LogP contribution in [0.25, 0.3) is 0 Å². The van der Waals surface area contributed by atoms with Crippen LogP contribution in [-0.4, -0.2) is 60.6 Å². The summed E-state index contributed by atoms with van der Waals surface area (Å²) in [4.78, 5) is 63.9. The van der Waals surface area contributed by atoms with Crippen molar-refractivity contribution in [2.75, 3.05) is 13.7 Å². The number of allylic oxidation sites excluding steroid dienone is 1. The highest BCUT2D eigenvalue weighted by Crippen LogP contribution is 2.77. The Bertz CT molecular complexity index is 1650. The van der Waals surface area contributed by atoms with Crippen LogP contribution < -0.4 is 10.6 Å². The summed E-state index contributed by atoms with van der Waals surface area (Å²) in [7, 11) is 1.34. The number of carbonyl (C=O) groups excluding carboxylic acids is 4. The van der Waals surface area contributed by atoms with Crippen LogP contribution in [-0.2, 0) is 33.4 Å². The lowest BCUT2D eigenvalue weighted by Crippen LogP contribution is -2.67. The number of carboxylic acids is 1. The molecule has 5 aliphatic carbocycles. The summed E-state index contributed by atoms with van der Waals surface area (Å²) in [6.07, 6.45) is 16.2. The first-order valence-corrected chi connectivity index (χ1v) is 24.2. The molecule has 0 heterocycles. The van der Waals surface area contributed by atoms with E-state index in [4.69, 9.17) is 9.47 Å². The van der Waals surface area contributed by atoms with Gasteiger partial charge < -0.3 is 25.2 Å². The van der Waals surface area contributed by atoms with Gasteiger partial charge in [0.2, 0.25) is 11.8 Å². The summed E-state index contributed by atoms with van der Waals surface area (Å²) in [5.41, 5.74) is -0.181. The number of fused-ring (bicyclic) bond motifs is 7. The van der Waals surface area contributed by atoms with E-state index >= 15 is 0 Å². The number of amides is 2. The number of methoxy groups -OCH3 is 1. The van der Waals surface area contributed by atoms with Crippen molar-refractivity contribution in [1.82, 2.24) is 10.6 Å². The molecule has 5 aliphatic rings. The maximum atomic E-state index is 14.6. The fraction of sp³-hybridized carbons (Fsp3) is 0.863. The van der Waals surface area contributed by atoms with Crippen molar-refractivity contribution in [2.24, 2.45) is 68.0 Å². The molecule has 5 saturated carbocycles. The fourth-order valence-corrected chi connectivity index (χ4v) is 14.7. The van der Waals surface area contributed by atoms with Gasteiger partial charge in [-0.15, -0.1) is 0 Å². The molecule has 0 saturated heterocycles. The average Bonchev–Trinajstić information content (AvgIpc) is 3.58. The van der Waals surface area contributed by atoms with Gasteiger partial charge in [-0.1, -0.05) is 86.3 Å². The van der Waals surface area contributed by atoms with Crippen LogP contribution in [0.2, 0.25) is 0 Å². The molecule has 11 atom stereocenters. The Labute approximate surface area is 368 Å². The van der Waals surface area contributed by atoms with Gasteiger partial charge in [-0.25, -0.2) is 4.79 Å². The summed E-state index contributed by atoms with van der Waals surface area (Å²) in [5.74, 6) is 0.368. The number of esters is 2. The maximum Gasteiger partial charge on any atom is 0.328 e. The van der Waals surface area contributed by atoms with Crippen molar-refractivity contribution in [2.45, 2.75) is 197 Å². The number of hydrogen-bond donors (Lipinski definition) is 3. The van der Waals surface area contributed by atoms with Crippen LogP contribution in [0.1, 0.15) is 185 Å². The summed E-state index contributed by atoms with van der Waals surface area (Å²) in [6, 6.07) is -0.612. The van der Waals surface area contributed by atoms with Gasteiger partial charge in [0.05, 0.1) is 24.4 Å². The summed E-state index contributed by atoms with van der Waals surface area (Å²) < 4.78 is 11.0. The van der Waals surface area contributed by atoms with E-state index in [1.54, 1.807) is 13.8 Å². The lowest BCUT2D eigenvalue weighted by atomic mass is 9.32. The number of hydrogen-bond acceptors (Lipinski definition) is 7. The minimum atomic E-state index is -1.16. The number of rotatable bonds is 18. The number of carboxylic acid groups (broad SMARTS) is 1. The van der Waals surface area contributed by atoms with Crippen molar-refractivity contribution < 1.29 is 38.6 Å². The zero-order chi connectivity index (χ0) is 45.3. The van der Waals surface area contributed by atoms with Crippen LogP contribution in [0.3, 0.4) is 0 Å². The largest absolute Gasteiger partial charge is 0.481 e. The quantitative estimate of drug-likeness (QED) is 0.0701. The molecule has 0 unspecified atom stereocenters. The molecular weight excluding hydrogens is 769 g/mol.